The number of aromatic hydroxyl groups is 1. The summed E-state index contributed by atoms with van der Waals surface area (Å²) < 4.78 is 10.1. The van der Waals surface area contributed by atoms with Crippen LogP contribution in [0.15, 0.2) is 17.0 Å². The van der Waals surface area contributed by atoms with Gasteiger partial charge in [0.1, 0.15) is 17.2 Å². The molecular formula is C12H11NO5S. The van der Waals surface area contributed by atoms with Crippen LogP contribution in [0.2, 0.25) is 0 Å². The van der Waals surface area contributed by atoms with Gasteiger partial charge < -0.3 is 14.6 Å². The minimum absolute atomic E-state index is 0.101. The van der Waals surface area contributed by atoms with E-state index in [0.717, 1.165) is 11.8 Å². The number of carbonyl (C=O) groups is 2. The van der Waals surface area contributed by atoms with Crippen LogP contribution in [0.5, 0.6) is 17.2 Å². The number of phenolic OH excluding ortho intramolecular Hbond substituents is 1. The average Bonchev–Trinajstić information content (AvgIpc) is 2.69. The van der Waals surface area contributed by atoms with Crippen molar-refractivity contribution in [3.05, 3.63) is 22.6 Å². The van der Waals surface area contributed by atoms with E-state index in [4.69, 9.17) is 9.47 Å². The lowest BCUT2D eigenvalue weighted by Gasteiger charge is -2.10. The Hall–Kier alpha value is -2.15. The number of benzene rings is 1. The molecule has 1 aromatic rings. The topological polar surface area (TPSA) is 84.9 Å². The number of rotatable bonds is 3. The molecule has 1 saturated heterocycles. The first kappa shape index (κ1) is 13.3. The molecule has 1 aliphatic rings. The predicted octanol–water partition coefficient (Wildman–Crippen LogP) is 1.73. The SMILES string of the molecule is COc1cc(O)c(/C=C2\SC(=O)NC2=O)c(OC)c1. The van der Waals surface area contributed by atoms with Crippen LogP contribution in [0.4, 0.5) is 4.79 Å². The Kier molecular flexibility index (Phi) is 3.66. The minimum Gasteiger partial charge on any atom is -0.507 e. The maximum Gasteiger partial charge on any atom is 0.290 e. The largest absolute Gasteiger partial charge is 0.507 e. The number of phenols is 1. The molecule has 0 aromatic heterocycles. The first-order valence-corrected chi connectivity index (χ1v) is 6.06. The average molecular weight is 281 g/mol. The molecule has 7 heteroatoms. The van der Waals surface area contributed by atoms with Crippen molar-refractivity contribution in [3.8, 4) is 17.2 Å². The van der Waals surface area contributed by atoms with Gasteiger partial charge in [0.2, 0.25) is 0 Å². The van der Waals surface area contributed by atoms with Crippen LogP contribution in [0.25, 0.3) is 6.08 Å². The molecule has 0 aliphatic carbocycles. The maximum atomic E-state index is 11.5. The van der Waals surface area contributed by atoms with Crippen LogP contribution in [0, 0.1) is 0 Å². The van der Waals surface area contributed by atoms with Gasteiger partial charge in [-0.15, -0.1) is 0 Å². The second kappa shape index (κ2) is 5.23. The first-order chi connectivity index (χ1) is 9.05. The Morgan fingerprint density at radius 3 is 2.53 bits per heavy atom. The standard InChI is InChI=1S/C12H11NO5S/c1-17-6-3-8(14)7(9(4-6)18-2)5-10-11(15)13-12(16)19-10/h3-5,14H,1-2H3,(H,13,15,16)/b10-5-. The Morgan fingerprint density at radius 1 is 1.26 bits per heavy atom. The van der Waals surface area contributed by atoms with Crippen molar-refractivity contribution >= 4 is 29.0 Å². The van der Waals surface area contributed by atoms with Crippen LogP contribution in [-0.2, 0) is 4.79 Å². The molecule has 1 heterocycles. The van der Waals surface area contributed by atoms with Crippen LogP contribution in [0.1, 0.15) is 5.56 Å². The molecule has 19 heavy (non-hydrogen) atoms. The van der Waals surface area contributed by atoms with Crippen LogP contribution < -0.4 is 14.8 Å². The van der Waals surface area contributed by atoms with E-state index in [0.29, 0.717) is 17.1 Å². The smallest absolute Gasteiger partial charge is 0.290 e. The van der Waals surface area contributed by atoms with Gasteiger partial charge in [-0.25, -0.2) is 0 Å². The summed E-state index contributed by atoms with van der Waals surface area (Å²) >= 11 is 0.770. The van der Waals surface area contributed by atoms with Crippen molar-refractivity contribution in [2.45, 2.75) is 0 Å². The Labute approximate surface area is 113 Å². The number of hydrogen-bond donors (Lipinski definition) is 2. The molecule has 2 N–H and O–H groups in total. The fraction of sp³-hybridized carbons (Fsp3) is 0.167. The van der Waals surface area contributed by atoms with Gasteiger partial charge in [0.05, 0.1) is 24.7 Å². The fourth-order valence-electron chi connectivity index (χ4n) is 1.57. The van der Waals surface area contributed by atoms with Gasteiger partial charge in [-0.3, -0.25) is 14.9 Å². The molecular weight excluding hydrogens is 270 g/mol. The molecule has 0 saturated carbocycles. The van der Waals surface area contributed by atoms with E-state index in [-0.39, 0.29) is 10.7 Å². The summed E-state index contributed by atoms with van der Waals surface area (Å²) in [5.74, 6) is 0.178. The summed E-state index contributed by atoms with van der Waals surface area (Å²) in [5.41, 5.74) is 0.315. The summed E-state index contributed by atoms with van der Waals surface area (Å²) in [6, 6.07) is 2.97. The second-order valence-corrected chi connectivity index (χ2v) is 4.63. The molecule has 0 atom stereocenters. The highest BCUT2D eigenvalue weighted by atomic mass is 32.2. The molecule has 1 fully saturated rings. The van der Waals surface area contributed by atoms with E-state index in [9.17, 15) is 14.7 Å². The number of ether oxygens (including phenoxy) is 2. The molecule has 1 aromatic carbocycles. The van der Waals surface area contributed by atoms with Crippen molar-refractivity contribution in [2.75, 3.05) is 14.2 Å². The highest BCUT2D eigenvalue weighted by molar-refractivity contribution is 8.18. The lowest BCUT2D eigenvalue weighted by molar-refractivity contribution is -0.115. The monoisotopic (exact) mass is 281 g/mol. The van der Waals surface area contributed by atoms with Gasteiger partial charge in [-0.1, -0.05) is 0 Å². The normalized spacial score (nSPS) is 16.6. The second-order valence-electron chi connectivity index (χ2n) is 3.61. The van der Waals surface area contributed by atoms with E-state index >= 15 is 0 Å². The molecule has 0 unspecified atom stereocenters. The maximum absolute atomic E-state index is 11.5. The van der Waals surface area contributed by atoms with Gasteiger partial charge in [0, 0.05) is 12.1 Å². The molecule has 0 radical (unpaired) electrons. The summed E-state index contributed by atoms with van der Waals surface area (Å²) in [4.78, 5) is 22.7. The summed E-state index contributed by atoms with van der Waals surface area (Å²) in [6.45, 7) is 0. The zero-order valence-corrected chi connectivity index (χ0v) is 11.0. The van der Waals surface area contributed by atoms with E-state index in [1.807, 2.05) is 0 Å². The van der Waals surface area contributed by atoms with E-state index in [2.05, 4.69) is 5.32 Å². The predicted molar refractivity (Wildman–Crippen MR) is 70.3 cm³/mol. The number of nitrogens with one attached hydrogen (secondary N) is 1. The first-order valence-electron chi connectivity index (χ1n) is 5.25. The zero-order chi connectivity index (χ0) is 14.0. The Bertz CT molecular complexity index is 582. The van der Waals surface area contributed by atoms with Crippen LogP contribution >= 0.6 is 11.8 Å². The van der Waals surface area contributed by atoms with Gasteiger partial charge in [0.25, 0.3) is 11.1 Å². The number of amides is 2. The summed E-state index contributed by atoms with van der Waals surface area (Å²) in [6.07, 6.45) is 1.40. The summed E-state index contributed by atoms with van der Waals surface area (Å²) in [5, 5.41) is 11.6. The van der Waals surface area contributed by atoms with Gasteiger partial charge >= 0.3 is 0 Å². The highest BCUT2D eigenvalue weighted by Crippen LogP contribution is 2.37. The van der Waals surface area contributed by atoms with E-state index < -0.39 is 11.1 Å². The quantitative estimate of drug-likeness (QED) is 0.821. The van der Waals surface area contributed by atoms with Gasteiger partial charge in [0.15, 0.2) is 0 Å². The van der Waals surface area contributed by atoms with Crippen molar-refractivity contribution < 1.29 is 24.2 Å². The fourth-order valence-corrected chi connectivity index (χ4v) is 2.24. The van der Waals surface area contributed by atoms with Crippen molar-refractivity contribution in [3.63, 3.8) is 0 Å². The number of hydrogen-bond acceptors (Lipinski definition) is 6. The van der Waals surface area contributed by atoms with Crippen LogP contribution in [0.3, 0.4) is 0 Å². The zero-order valence-electron chi connectivity index (χ0n) is 10.2. The van der Waals surface area contributed by atoms with Crippen LogP contribution in [-0.4, -0.2) is 30.5 Å². The van der Waals surface area contributed by atoms with E-state index in [1.54, 1.807) is 6.07 Å². The third kappa shape index (κ3) is 2.65. The molecule has 100 valence electrons. The molecule has 1 aliphatic heterocycles. The van der Waals surface area contributed by atoms with E-state index in [1.165, 1.54) is 26.4 Å². The lowest BCUT2D eigenvalue weighted by atomic mass is 10.1. The van der Waals surface area contributed by atoms with Crippen molar-refractivity contribution in [2.24, 2.45) is 0 Å². The highest BCUT2D eigenvalue weighted by Gasteiger charge is 2.26. The Balaban J connectivity index is 2.48. The molecule has 0 spiro atoms. The molecule has 0 bridgehead atoms. The lowest BCUT2D eigenvalue weighted by Crippen LogP contribution is -2.17. The third-order valence-electron chi connectivity index (χ3n) is 2.47. The molecule has 2 rings (SSSR count). The minimum atomic E-state index is -0.493. The number of carbonyl (C=O) groups excluding carboxylic acids is 2. The van der Waals surface area contributed by atoms with Crippen molar-refractivity contribution in [1.82, 2.24) is 5.32 Å². The molecule has 6 nitrogen and oxygen atoms in total. The number of methoxy groups -OCH3 is 2. The van der Waals surface area contributed by atoms with Crippen molar-refractivity contribution in [1.29, 1.82) is 0 Å². The molecule has 2 amide bonds. The number of thioether (sulfide) groups is 1. The number of imide groups is 1. The summed E-state index contributed by atoms with van der Waals surface area (Å²) in [7, 11) is 2.90. The van der Waals surface area contributed by atoms with Gasteiger partial charge in [-0.05, 0) is 17.8 Å². The third-order valence-corrected chi connectivity index (χ3v) is 3.28. The van der Waals surface area contributed by atoms with Gasteiger partial charge in [-0.2, -0.15) is 0 Å². The Morgan fingerprint density at radius 2 is 2.00 bits per heavy atom.